The standard InChI is InChI=1S/2C38H21N3O2S2.C38H21N3OS3/c1-6-12-33-25(7-1)26-16-15-24(21-34(26)44-33)41-29-17-13-22(37-39-27-8-2-4-10-31(27)42-37)19-35(29)45-36-20-23(14-18-30(36)41)38-40-28-9-3-5-11-32(28)43-38;1-5-11-34-25(7-1)26-16-15-24(21-36(26)44-34)41-29-17-13-22(37-39-27-8-2-4-10-31(27)43-37)20-33(29)42-32-18-14-23(19-30(32)41)38-40-28-9-3-6-12-35(28)45-38;1-4-10-31-25(7-1)26-16-15-24(21-32(26)42-31)41-29-19-22(37-39-27-8-2-5-11-33(27)44-37)13-17-35(29)43-36-18-14-23(20-30(36)41)38-40-28-9-3-6-12-34(28)45-38/h3*1-21H. The molecule has 3 aliphatic rings. The summed E-state index contributed by atoms with van der Waals surface area (Å²) >= 11 is 12.4. The fourth-order valence-corrected chi connectivity index (χ4v) is 25.9. The first kappa shape index (κ1) is 77.9. The number of ether oxygens (including phenoxy) is 1. The second-order valence-corrected chi connectivity index (χ2v) is 40.6. The van der Waals surface area contributed by atoms with Gasteiger partial charge in [-0.25, -0.2) is 29.9 Å². The summed E-state index contributed by atoms with van der Waals surface area (Å²) in [5.74, 6) is 3.32. The lowest BCUT2D eigenvalue weighted by Crippen LogP contribution is -2.16. The highest BCUT2D eigenvalue weighted by atomic mass is 32.2. The third-order valence-corrected chi connectivity index (χ3v) is 32.7. The van der Waals surface area contributed by atoms with Crippen LogP contribution in [-0.4, -0.2) is 29.9 Å². The number of anilines is 9. The van der Waals surface area contributed by atoms with Crippen molar-refractivity contribution in [3.63, 3.8) is 0 Å². The van der Waals surface area contributed by atoms with Crippen molar-refractivity contribution >= 4 is 258 Å². The molecule has 12 heterocycles. The molecule has 9 aromatic heterocycles. The molecule has 21 heteroatoms. The number of rotatable bonds is 9. The van der Waals surface area contributed by atoms with Crippen molar-refractivity contribution in [3.8, 4) is 77.6 Å². The fourth-order valence-electron chi connectivity index (χ4n) is 18.6. The lowest BCUT2D eigenvalue weighted by Gasteiger charge is -2.33. The molecule has 0 saturated carbocycles. The summed E-state index contributed by atoms with van der Waals surface area (Å²) in [6.45, 7) is 0. The number of para-hydroxylation sites is 10. The molecule has 0 fully saturated rings. The predicted molar refractivity (Wildman–Crippen MR) is 560 cm³/mol. The molecule has 0 spiro atoms. The van der Waals surface area contributed by atoms with E-state index in [0.29, 0.717) is 17.7 Å². The van der Waals surface area contributed by atoms with Crippen LogP contribution in [0.2, 0.25) is 0 Å². The minimum absolute atomic E-state index is 0.567. The molecule has 135 heavy (non-hydrogen) atoms. The van der Waals surface area contributed by atoms with E-state index in [4.69, 9.17) is 52.3 Å². The van der Waals surface area contributed by atoms with Gasteiger partial charge < -0.3 is 37.1 Å². The van der Waals surface area contributed by atoms with E-state index in [2.05, 4.69) is 288 Å². The van der Waals surface area contributed by atoms with Crippen LogP contribution in [-0.2, 0) is 0 Å². The number of thiophene rings is 2. The summed E-state index contributed by atoms with van der Waals surface area (Å²) < 4.78 is 40.1. The molecule has 0 amide bonds. The van der Waals surface area contributed by atoms with Crippen molar-refractivity contribution in [1.82, 2.24) is 29.9 Å². The van der Waals surface area contributed by atoms with Crippen LogP contribution in [0.15, 0.2) is 419 Å². The average Bonchev–Trinajstić information content (AvgIpc) is 1.73. The molecule has 0 atom stereocenters. The number of nitrogens with zero attached hydrogens (tertiary/aromatic N) is 9. The maximum atomic E-state index is 6.63. The van der Waals surface area contributed by atoms with E-state index >= 15 is 0 Å². The Morgan fingerprint density at radius 3 is 1.03 bits per heavy atom. The SMILES string of the molecule is c1ccc2oc(-c3ccc4c(c3)Oc3ccc(-c5nc6ccccc6s5)cc3N4c3ccc4c(c3)sc3ccccc34)nc2c1.c1ccc2oc(-c3ccc4c(c3)Sc3cc(-c5nc6ccccc6o5)ccc3N4c3ccc4c(c3)sc3ccccc34)nc2c1.c1ccc2sc(-c3ccc4c(c3)N(c3ccc5c(c3)oc3ccccc35)c3cc(-c5nc6ccccc6s5)ccc3S4)nc2c1. The van der Waals surface area contributed by atoms with Crippen LogP contribution < -0.4 is 19.4 Å². The number of fused-ring (bicyclic) bond motifs is 21. The normalized spacial score (nSPS) is 12.7. The molecule has 0 aliphatic carbocycles. The molecule has 3 aliphatic heterocycles. The minimum Gasteiger partial charge on any atom is -0.456 e. The second-order valence-electron chi connectivity index (χ2n) is 33.2. The number of thiazole rings is 3. The largest absolute Gasteiger partial charge is 0.456 e. The van der Waals surface area contributed by atoms with Crippen LogP contribution in [0, 0.1) is 0 Å². The number of oxazole rings is 3. The molecule has 0 N–H and O–H groups in total. The molecule has 0 unspecified atom stereocenters. The van der Waals surface area contributed by atoms with Crippen molar-refractivity contribution < 1.29 is 22.4 Å². The van der Waals surface area contributed by atoms with Gasteiger partial charge in [-0.05, 0) is 224 Å². The van der Waals surface area contributed by atoms with Gasteiger partial charge in [0.2, 0.25) is 17.7 Å². The van der Waals surface area contributed by atoms with Gasteiger partial charge in [-0.3, -0.25) is 0 Å². The Bertz CT molecular complexity index is 9120. The number of aromatic nitrogens is 6. The number of hydrogen-bond acceptors (Lipinski definition) is 21. The zero-order chi connectivity index (χ0) is 88.5. The topological polar surface area (TPSA) is 149 Å². The highest BCUT2D eigenvalue weighted by Gasteiger charge is 2.33. The maximum absolute atomic E-state index is 6.63. The van der Waals surface area contributed by atoms with E-state index in [0.717, 1.165) is 193 Å². The molecule has 636 valence electrons. The van der Waals surface area contributed by atoms with E-state index in [1.165, 1.54) is 64.2 Å². The van der Waals surface area contributed by atoms with Gasteiger partial charge in [-0.1, -0.05) is 175 Å². The van der Waals surface area contributed by atoms with Crippen LogP contribution in [0.3, 0.4) is 0 Å². The van der Waals surface area contributed by atoms with E-state index < -0.39 is 0 Å². The summed E-state index contributed by atoms with van der Waals surface area (Å²) in [7, 11) is 0. The Labute approximate surface area is 797 Å². The van der Waals surface area contributed by atoms with Gasteiger partial charge in [0.25, 0.3) is 0 Å². The fraction of sp³-hybridized carbons (Fsp3) is 0. The maximum Gasteiger partial charge on any atom is 0.227 e. The van der Waals surface area contributed by atoms with Gasteiger partial charge in [0.1, 0.15) is 42.7 Å². The van der Waals surface area contributed by atoms with Crippen molar-refractivity contribution in [2.45, 2.75) is 19.6 Å². The highest BCUT2D eigenvalue weighted by molar-refractivity contribution is 8.00. The number of benzene rings is 18. The number of hydrogen-bond donors (Lipinski definition) is 0. The van der Waals surface area contributed by atoms with E-state index in [9.17, 15) is 0 Å². The third kappa shape index (κ3) is 13.5. The molecule has 0 bridgehead atoms. The Hall–Kier alpha value is -15.8. The minimum atomic E-state index is 0.567. The first-order valence-corrected chi connectivity index (χ1v) is 49.6. The van der Waals surface area contributed by atoms with Crippen LogP contribution >= 0.6 is 80.2 Å². The Balaban J connectivity index is 0.000000101. The van der Waals surface area contributed by atoms with Gasteiger partial charge in [-0.15, -0.1) is 56.7 Å². The van der Waals surface area contributed by atoms with Gasteiger partial charge in [-0.2, -0.15) is 0 Å². The molecular formula is C114H63N9O5S7. The highest BCUT2D eigenvalue weighted by Crippen LogP contribution is 2.59. The van der Waals surface area contributed by atoms with Gasteiger partial charge in [0, 0.05) is 127 Å². The Morgan fingerprint density at radius 2 is 0.548 bits per heavy atom. The van der Waals surface area contributed by atoms with Crippen LogP contribution in [0.25, 0.3) is 192 Å². The molecule has 0 radical (unpaired) electrons. The van der Waals surface area contributed by atoms with Crippen molar-refractivity contribution in [2.24, 2.45) is 0 Å². The van der Waals surface area contributed by atoms with E-state index in [1.54, 1.807) is 45.8 Å². The molecular weight excluding hydrogens is 1800 g/mol. The quantitative estimate of drug-likeness (QED) is 0.135. The second kappa shape index (κ2) is 31.4. The molecule has 27 aromatic rings. The summed E-state index contributed by atoms with van der Waals surface area (Å²) in [4.78, 5) is 40.9. The van der Waals surface area contributed by atoms with Crippen molar-refractivity contribution in [3.05, 3.63) is 382 Å². The smallest absolute Gasteiger partial charge is 0.227 e. The first-order chi connectivity index (χ1) is 66.7. The third-order valence-electron chi connectivity index (χ3n) is 25.0. The summed E-state index contributed by atoms with van der Waals surface area (Å²) in [5, 5.41) is 10.4. The summed E-state index contributed by atoms with van der Waals surface area (Å²) in [6.07, 6.45) is 0. The molecule has 14 nitrogen and oxygen atoms in total. The Morgan fingerprint density at radius 1 is 0.193 bits per heavy atom. The molecule has 30 rings (SSSR count). The zero-order valence-corrected chi connectivity index (χ0v) is 76.5. The van der Waals surface area contributed by atoms with E-state index in [-0.39, 0.29) is 0 Å². The lowest BCUT2D eigenvalue weighted by molar-refractivity contribution is 0.477. The summed E-state index contributed by atoms with van der Waals surface area (Å²) in [5.41, 5.74) is 25.3. The number of furan rings is 1. The van der Waals surface area contributed by atoms with E-state index in [1.807, 2.05) is 144 Å². The average molecular weight is 1860 g/mol. The lowest BCUT2D eigenvalue weighted by atomic mass is 10.1. The van der Waals surface area contributed by atoms with Crippen LogP contribution in [0.5, 0.6) is 11.5 Å². The van der Waals surface area contributed by atoms with Gasteiger partial charge >= 0.3 is 0 Å². The Kier molecular flexibility index (Phi) is 18.1. The summed E-state index contributed by atoms with van der Waals surface area (Å²) in [6, 6.07) is 133. The molecule has 0 saturated heterocycles. The molecule has 18 aromatic carbocycles. The van der Waals surface area contributed by atoms with Crippen LogP contribution in [0.1, 0.15) is 0 Å². The first-order valence-electron chi connectivity index (χ1n) is 43.9. The van der Waals surface area contributed by atoms with Gasteiger partial charge in [0.05, 0.1) is 64.8 Å². The van der Waals surface area contributed by atoms with Gasteiger partial charge in [0.15, 0.2) is 28.2 Å². The van der Waals surface area contributed by atoms with Crippen molar-refractivity contribution in [2.75, 3.05) is 14.7 Å². The predicted octanol–water partition coefficient (Wildman–Crippen LogP) is 35.4. The van der Waals surface area contributed by atoms with Crippen molar-refractivity contribution in [1.29, 1.82) is 0 Å². The monoisotopic (exact) mass is 1860 g/mol. The zero-order valence-electron chi connectivity index (χ0n) is 70.8. The van der Waals surface area contributed by atoms with Crippen LogP contribution in [0.4, 0.5) is 51.2 Å².